The Morgan fingerprint density at radius 2 is 1.58 bits per heavy atom. The molecular weight excluding hydrogens is 444 g/mol. The highest BCUT2D eigenvalue weighted by Gasteiger charge is 2.02. The lowest BCUT2D eigenvalue weighted by atomic mass is 10.4. The maximum absolute atomic E-state index is 8.92. The van der Waals surface area contributed by atoms with Gasteiger partial charge in [-0.2, -0.15) is 0 Å². The zero-order valence-electron chi connectivity index (χ0n) is 13.4. The number of nitrogens with zero attached hydrogens (tertiary/aromatic N) is 2. The second kappa shape index (κ2) is 11.4. The Labute approximate surface area is 158 Å². The van der Waals surface area contributed by atoms with Gasteiger partial charge in [0, 0.05) is 33.5 Å². The van der Waals surface area contributed by atoms with Crippen molar-refractivity contribution in [3.63, 3.8) is 0 Å². The molecule has 2 N–H and O–H groups in total. The van der Waals surface area contributed by atoms with Crippen molar-refractivity contribution in [1.82, 2.24) is 9.97 Å². The van der Waals surface area contributed by atoms with Crippen LogP contribution in [0.25, 0.3) is 0 Å². The SMILES string of the molecule is C[C@@H](O)COc1cc(Br)ccn1.C[C@H](CO)Oc1cc(Br)ccn1. The first kappa shape index (κ1) is 20.8. The Hall–Kier alpha value is -1.22. The molecule has 2 aromatic rings. The Morgan fingerprint density at radius 3 is 2.08 bits per heavy atom. The molecule has 8 heteroatoms. The van der Waals surface area contributed by atoms with Gasteiger partial charge in [0.1, 0.15) is 12.7 Å². The molecule has 2 heterocycles. The van der Waals surface area contributed by atoms with E-state index in [9.17, 15) is 0 Å². The van der Waals surface area contributed by atoms with Crippen LogP contribution in [0.4, 0.5) is 0 Å². The van der Waals surface area contributed by atoms with Crippen molar-refractivity contribution in [3.8, 4) is 11.8 Å². The van der Waals surface area contributed by atoms with Gasteiger partial charge in [0.15, 0.2) is 0 Å². The summed E-state index contributed by atoms with van der Waals surface area (Å²) in [5.41, 5.74) is 0. The maximum Gasteiger partial charge on any atom is 0.214 e. The lowest BCUT2D eigenvalue weighted by Gasteiger charge is -2.10. The number of hydrogen-bond acceptors (Lipinski definition) is 6. The third-order valence-corrected chi connectivity index (χ3v) is 3.43. The molecule has 2 aromatic heterocycles. The quantitative estimate of drug-likeness (QED) is 0.684. The zero-order chi connectivity index (χ0) is 17.9. The molecule has 2 rings (SSSR count). The number of halogens is 2. The van der Waals surface area contributed by atoms with Crippen molar-refractivity contribution in [3.05, 3.63) is 45.6 Å². The van der Waals surface area contributed by atoms with E-state index in [4.69, 9.17) is 19.7 Å². The van der Waals surface area contributed by atoms with Crippen LogP contribution >= 0.6 is 31.9 Å². The number of ether oxygens (including phenoxy) is 2. The lowest BCUT2D eigenvalue weighted by Crippen LogP contribution is -2.16. The van der Waals surface area contributed by atoms with Crippen LogP contribution in [0.1, 0.15) is 13.8 Å². The Balaban J connectivity index is 0.000000240. The monoisotopic (exact) mass is 462 g/mol. The van der Waals surface area contributed by atoms with Crippen LogP contribution < -0.4 is 9.47 Å². The minimum absolute atomic E-state index is 0.00576. The third kappa shape index (κ3) is 9.17. The van der Waals surface area contributed by atoms with Crippen LogP contribution in [0, 0.1) is 0 Å². The van der Waals surface area contributed by atoms with E-state index in [1.54, 1.807) is 38.4 Å². The number of aliphatic hydroxyl groups excluding tert-OH is 2. The molecule has 0 bridgehead atoms. The smallest absolute Gasteiger partial charge is 0.214 e. The summed E-state index contributed by atoms with van der Waals surface area (Å²) in [6.07, 6.45) is 2.60. The zero-order valence-corrected chi connectivity index (χ0v) is 16.6. The molecule has 2 atom stereocenters. The van der Waals surface area contributed by atoms with Crippen molar-refractivity contribution < 1.29 is 19.7 Å². The van der Waals surface area contributed by atoms with E-state index in [-0.39, 0.29) is 19.3 Å². The highest BCUT2D eigenvalue weighted by molar-refractivity contribution is 9.10. The molecular formula is C16H20Br2N2O4. The average Bonchev–Trinajstić information content (AvgIpc) is 2.53. The van der Waals surface area contributed by atoms with Gasteiger partial charge in [-0.3, -0.25) is 0 Å². The van der Waals surface area contributed by atoms with E-state index in [1.165, 1.54) is 0 Å². The summed E-state index contributed by atoms with van der Waals surface area (Å²) in [4.78, 5) is 7.91. The molecule has 0 saturated heterocycles. The number of rotatable bonds is 6. The summed E-state index contributed by atoms with van der Waals surface area (Å²) < 4.78 is 12.2. The number of pyridine rings is 2. The van der Waals surface area contributed by atoms with Crippen molar-refractivity contribution in [1.29, 1.82) is 0 Å². The van der Waals surface area contributed by atoms with E-state index >= 15 is 0 Å². The largest absolute Gasteiger partial charge is 0.475 e. The second-order valence-corrected chi connectivity index (χ2v) is 6.73. The molecule has 0 unspecified atom stereocenters. The molecule has 0 radical (unpaired) electrons. The molecule has 0 aliphatic heterocycles. The van der Waals surface area contributed by atoms with Crippen LogP contribution in [0.2, 0.25) is 0 Å². The van der Waals surface area contributed by atoms with Crippen molar-refractivity contribution in [2.24, 2.45) is 0 Å². The fourth-order valence-electron chi connectivity index (χ4n) is 1.36. The molecule has 0 spiro atoms. The normalized spacial score (nSPS) is 12.6. The summed E-state index contributed by atoms with van der Waals surface area (Å²) in [6, 6.07) is 7.14. The molecule has 24 heavy (non-hydrogen) atoms. The van der Waals surface area contributed by atoms with Crippen molar-refractivity contribution in [2.75, 3.05) is 13.2 Å². The Kier molecular flexibility index (Phi) is 9.85. The molecule has 0 aromatic carbocycles. The van der Waals surface area contributed by atoms with Crippen LogP contribution in [0.3, 0.4) is 0 Å². The first-order valence-corrected chi connectivity index (χ1v) is 8.80. The van der Waals surface area contributed by atoms with Gasteiger partial charge in [-0.25, -0.2) is 9.97 Å². The average molecular weight is 464 g/mol. The summed E-state index contributed by atoms with van der Waals surface area (Å²) >= 11 is 6.58. The van der Waals surface area contributed by atoms with Gasteiger partial charge in [0.25, 0.3) is 0 Å². The predicted molar refractivity (Wildman–Crippen MR) is 98.2 cm³/mol. The first-order chi connectivity index (χ1) is 11.4. The van der Waals surface area contributed by atoms with Gasteiger partial charge < -0.3 is 19.7 Å². The Bertz CT molecular complexity index is 614. The van der Waals surface area contributed by atoms with Crippen LogP contribution in [0.15, 0.2) is 45.6 Å². The summed E-state index contributed by atoms with van der Waals surface area (Å²) in [5, 5.41) is 17.6. The molecule has 132 valence electrons. The molecule has 0 saturated carbocycles. The van der Waals surface area contributed by atoms with Gasteiger partial charge in [-0.05, 0) is 26.0 Å². The molecule has 0 amide bonds. The summed E-state index contributed by atoms with van der Waals surface area (Å²) in [5.74, 6) is 1.04. The standard InChI is InChI=1S/2C8H10BrNO2/c1-6(11)5-12-8-4-7(9)2-3-10-8;1-6(5-11)12-8-4-7(9)2-3-10-8/h2*2-4,6,11H,5H2,1H3/t2*6-/m11/s1. The van der Waals surface area contributed by atoms with Gasteiger partial charge >= 0.3 is 0 Å². The Morgan fingerprint density at radius 1 is 1.04 bits per heavy atom. The van der Waals surface area contributed by atoms with Crippen molar-refractivity contribution in [2.45, 2.75) is 26.1 Å². The van der Waals surface area contributed by atoms with Crippen LogP contribution in [-0.2, 0) is 0 Å². The third-order valence-electron chi connectivity index (χ3n) is 2.45. The van der Waals surface area contributed by atoms with Gasteiger partial charge in [0.05, 0.1) is 12.7 Å². The minimum Gasteiger partial charge on any atom is -0.475 e. The number of aliphatic hydroxyl groups is 2. The van der Waals surface area contributed by atoms with Crippen molar-refractivity contribution >= 4 is 31.9 Å². The van der Waals surface area contributed by atoms with E-state index < -0.39 is 6.10 Å². The van der Waals surface area contributed by atoms with Crippen LogP contribution in [0.5, 0.6) is 11.8 Å². The van der Waals surface area contributed by atoms with Gasteiger partial charge in [-0.1, -0.05) is 31.9 Å². The number of hydrogen-bond donors (Lipinski definition) is 2. The molecule has 6 nitrogen and oxygen atoms in total. The maximum atomic E-state index is 8.92. The van der Waals surface area contributed by atoms with Crippen LogP contribution in [-0.4, -0.2) is 45.6 Å². The van der Waals surface area contributed by atoms with E-state index in [0.717, 1.165) is 8.95 Å². The fraction of sp³-hybridized carbons (Fsp3) is 0.375. The number of aromatic nitrogens is 2. The van der Waals surface area contributed by atoms with Gasteiger partial charge in [0.2, 0.25) is 11.8 Å². The second-order valence-electron chi connectivity index (χ2n) is 4.90. The molecule has 0 aliphatic rings. The first-order valence-electron chi connectivity index (χ1n) is 7.22. The van der Waals surface area contributed by atoms with E-state index in [0.29, 0.717) is 11.8 Å². The molecule has 0 aliphatic carbocycles. The lowest BCUT2D eigenvalue weighted by molar-refractivity contribution is 0.120. The highest BCUT2D eigenvalue weighted by atomic mass is 79.9. The minimum atomic E-state index is -0.467. The van der Waals surface area contributed by atoms with Gasteiger partial charge in [-0.15, -0.1) is 0 Å². The van der Waals surface area contributed by atoms with E-state index in [2.05, 4.69) is 41.8 Å². The predicted octanol–water partition coefficient (Wildman–Crippen LogP) is 3.21. The summed E-state index contributed by atoms with van der Waals surface area (Å²) in [6.45, 7) is 3.71. The summed E-state index contributed by atoms with van der Waals surface area (Å²) in [7, 11) is 0. The fourth-order valence-corrected chi connectivity index (χ4v) is 1.99. The molecule has 0 fully saturated rings. The highest BCUT2D eigenvalue weighted by Crippen LogP contribution is 2.15. The topological polar surface area (TPSA) is 84.7 Å². The van der Waals surface area contributed by atoms with E-state index in [1.807, 2.05) is 12.1 Å².